The molecule has 5 heteroatoms. The van der Waals surface area contributed by atoms with Crippen molar-refractivity contribution in [1.29, 1.82) is 0 Å². The van der Waals surface area contributed by atoms with Crippen LogP contribution in [0.5, 0.6) is 0 Å². The average Bonchev–Trinajstić information content (AvgIpc) is 2.36. The molecule has 102 valence electrons. The predicted molar refractivity (Wildman–Crippen MR) is 73.5 cm³/mol. The molecule has 19 heavy (non-hydrogen) atoms. The number of hydrogen-bond donors (Lipinski definition) is 2. The number of piperidine rings is 1. The van der Waals surface area contributed by atoms with Crippen LogP contribution in [-0.2, 0) is 4.79 Å². The van der Waals surface area contributed by atoms with Crippen molar-refractivity contribution in [2.75, 3.05) is 12.3 Å². The van der Waals surface area contributed by atoms with Crippen LogP contribution in [0, 0.1) is 6.92 Å². The summed E-state index contributed by atoms with van der Waals surface area (Å²) in [6.07, 6.45) is 2.46. The minimum atomic E-state index is -0.497. The van der Waals surface area contributed by atoms with Gasteiger partial charge in [-0.05, 0) is 49.9 Å². The number of primary amides is 1. The fraction of sp³-hybridized carbons (Fsp3) is 0.429. The molecule has 1 unspecified atom stereocenters. The van der Waals surface area contributed by atoms with Crippen LogP contribution in [0.25, 0.3) is 0 Å². The number of nitrogens with two attached hydrogens (primary N) is 2. The number of rotatable bonds is 2. The number of carbonyl (C=O) groups excluding carboxylic acids is 2. The first-order valence-electron chi connectivity index (χ1n) is 6.46. The van der Waals surface area contributed by atoms with Crippen molar-refractivity contribution in [3.63, 3.8) is 0 Å². The third kappa shape index (κ3) is 2.86. The van der Waals surface area contributed by atoms with E-state index in [0.29, 0.717) is 24.2 Å². The van der Waals surface area contributed by atoms with Gasteiger partial charge in [-0.15, -0.1) is 0 Å². The van der Waals surface area contributed by atoms with Gasteiger partial charge in [0, 0.05) is 17.8 Å². The van der Waals surface area contributed by atoms with E-state index in [1.54, 1.807) is 23.1 Å². The summed E-state index contributed by atoms with van der Waals surface area (Å²) < 4.78 is 0. The zero-order valence-corrected chi connectivity index (χ0v) is 11.1. The van der Waals surface area contributed by atoms with Crippen molar-refractivity contribution in [3.05, 3.63) is 29.3 Å². The van der Waals surface area contributed by atoms with Crippen LogP contribution in [0.3, 0.4) is 0 Å². The zero-order chi connectivity index (χ0) is 14.0. The molecule has 0 radical (unpaired) electrons. The number of amides is 2. The summed E-state index contributed by atoms with van der Waals surface area (Å²) in [4.78, 5) is 25.5. The van der Waals surface area contributed by atoms with E-state index in [4.69, 9.17) is 11.5 Å². The zero-order valence-electron chi connectivity index (χ0n) is 11.1. The maximum atomic E-state index is 12.5. The third-order valence-corrected chi connectivity index (χ3v) is 3.44. The first kappa shape index (κ1) is 13.4. The molecule has 0 aromatic heterocycles. The van der Waals surface area contributed by atoms with Gasteiger partial charge in [-0.2, -0.15) is 0 Å². The first-order valence-corrected chi connectivity index (χ1v) is 6.46. The van der Waals surface area contributed by atoms with E-state index < -0.39 is 11.9 Å². The van der Waals surface area contributed by atoms with Crippen LogP contribution in [0.2, 0.25) is 0 Å². The van der Waals surface area contributed by atoms with Gasteiger partial charge in [-0.1, -0.05) is 0 Å². The van der Waals surface area contributed by atoms with Gasteiger partial charge in [0.15, 0.2) is 0 Å². The number of carbonyl (C=O) groups is 2. The molecular weight excluding hydrogens is 242 g/mol. The Hall–Kier alpha value is -2.04. The molecule has 4 N–H and O–H groups in total. The van der Waals surface area contributed by atoms with E-state index >= 15 is 0 Å². The molecule has 1 aromatic carbocycles. The number of likely N-dealkylation sites (tertiary alicyclic amines) is 1. The smallest absolute Gasteiger partial charge is 0.254 e. The molecule has 1 heterocycles. The predicted octanol–water partition coefficient (Wildman–Crippen LogP) is 1.06. The Balaban J connectivity index is 2.28. The van der Waals surface area contributed by atoms with Crippen molar-refractivity contribution in [2.45, 2.75) is 32.2 Å². The maximum absolute atomic E-state index is 12.5. The van der Waals surface area contributed by atoms with Crippen molar-refractivity contribution >= 4 is 17.5 Å². The Labute approximate surface area is 112 Å². The van der Waals surface area contributed by atoms with Crippen molar-refractivity contribution < 1.29 is 9.59 Å². The fourth-order valence-corrected chi connectivity index (χ4v) is 2.57. The monoisotopic (exact) mass is 261 g/mol. The lowest BCUT2D eigenvalue weighted by molar-refractivity contribution is -0.123. The summed E-state index contributed by atoms with van der Waals surface area (Å²) in [6, 6.07) is 4.73. The molecule has 1 fully saturated rings. The van der Waals surface area contributed by atoms with E-state index in [1.807, 2.05) is 6.92 Å². The highest BCUT2D eigenvalue weighted by Crippen LogP contribution is 2.21. The van der Waals surface area contributed by atoms with Crippen LogP contribution >= 0.6 is 0 Å². The molecule has 0 bridgehead atoms. The quantitative estimate of drug-likeness (QED) is 0.780. The van der Waals surface area contributed by atoms with Gasteiger partial charge in [0.1, 0.15) is 6.04 Å². The Morgan fingerprint density at radius 2 is 2.00 bits per heavy atom. The van der Waals surface area contributed by atoms with Gasteiger partial charge < -0.3 is 16.4 Å². The van der Waals surface area contributed by atoms with Crippen LogP contribution in [-0.4, -0.2) is 29.3 Å². The number of aryl methyl sites for hydroxylation is 1. The molecule has 2 rings (SSSR count). The van der Waals surface area contributed by atoms with E-state index in [1.165, 1.54) is 0 Å². The lowest BCUT2D eigenvalue weighted by atomic mass is 9.99. The number of benzene rings is 1. The summed E-state index contributed by atoms with van der Waals surface area (Å²) >= 11 is 0. The van der Waals surface area contributed by atoms with Crippen LogP contribution < -0.4 is 11.5 Å². The third-order valence-electron chi connectivity index (χ3n) is 3.44. The van der Waals surface area contributed by atoms with Crippen LogP contribution in [0.15, 0.2) is 18.2 Å². The van der Waals surface area contributed by atoms with Crippen molar-refractivity contribution in [1.82, 2.24) is 4.90 Å². The molecule has 1 aromatic rings. The number of nitrogens with zero attached hydrogens (tertiary/aromatic N) is 1. The second kappa shape index (κ2) is 5.30. The molecule has 1 aliphatic heterocycles. The largest absolute Gasteiger partial charge is 0.399 e. The van der Waals surface area contributed by atoms with Gasteiger partial charge >= 0.3 is 0 Å². The van der Waals surface area contributed by atoms with Gasteiger partial charge in [0.25, 0.3) is 5.91 Å². The highest BCUT2D eigenvalue weighted by molar-refractivity contribution is 5.98. The van der Waals surface area contributed by atoms with E-state index in [0.717, 1.165) is 18.4 Å². The lowest BCUT2D eigenvalue weighted by Gasteiger charge is -2.33. The average molecular weight is 261 g/mol. The fourth-order valence-electron chi connectivity index (χ4n) is 2.57. The Morgan fingerprint density at radius 1 is 1.26 bits per heavy atom. The Kier molecular flexibility index (Phi) is 3.74. The van der Waals surface area contributed by atoms with Gasteiger partial charge in [0.2, 0.25) is 5.91 Å². The molecule has 0 aliphatic carbocycles. The summed E-state index contributed by atoms with van der Waals surface area (Å²) in [7, 11) is 0. The van der Waals surface area contributed by atoms with Crippen molar-refractivity contribution in [3.8, 4) is 0 Å². The van der Waals surface area contributed by atoms with E-state index in [-0.39, 0.29) is 5.91 Å². The standard InChI is InChI=1S/C14H19N3O2/c1-9-6-10(8-11(15)7-9)14(19)17-5-3-2-4-12(17)13(16)18/h6-8,12H,2-5,15H2,1H3,(H2,16,18). The van der Waals surface area contributed by atoms with Gasteiger partial charge in [-0.3, -0.25) is 9.59 Å². The van der Waals surface area contributed by atoms with Crippen LogP contribution in [0.4, 0.5) is 5.69 Å². The van der Waals surface area contributed by atoms with Crippen LogP contribution in [0.1, 0.15) is 35.2 Å². The summed E-state index contributed by atoms with van der Waals surface area (Å²) in [5.41, 5.74) is 13.1. The molecule has 0 spiro atoms. The molecule has 5 nitrogen and oxygen atoms in total. The molecular formula is C14H19N3O2. The Bertz CT molecular complexity index is 493. The van der Waals surface area contributed by atoms with Crippen molar-refractivity contribution in [2.24, 2.45) is 5.73 Å². The maximum Gasteiger partial charge on any atom is 0.254 e. The Morgan fingerprint density at radius 3 is 2.63 bits per heavy atom. The van der Waals surface area contributed by atoms with E-state index in [2.05, 4.69) is 0 Å². The minimum Gasteiger partial charge on any atom is -0.399 e. The van der Waals surface area contributed by atoms with E-state index in [9.17, 15) is 9.59 Å². The van der Waals surface area contributed by atoms with Gasteiger partial charge in [0.05, 0.1) is 0 Å². The highest BCUT2D eigenvalue weighted by atomic mass is 16.2. The topological polar surface area (TPSA) is 89.4 Å². The lowest BCUT2D eigenvalue weighted by Crippen LogP contribution is -2.50. The van der Waals surface area contributed by atoms with Gasteiger partial charge in [-0.25, -0.2) is 0 Å². The molecule has 1 atom stereocenters. The number of hydrogen-bond acceptors (Lipinski definition) is 3. The first-order chi connectivity index (χ1) is 8.99. The normalized spacial score (nSPS) is 19.2. The number of nitrogen functional groups attached to an aromatic ring is 1. The summed E-state index contributed by atoms with van der Waals surface area (Å²) in [5.74, 6) is -0.604. The molecule has 2 amide bonds. The molecule has 1 aliphatic rings. The second-order valence-corrected chi connectivity index (χ2v) is 5.04. The minimum absolute atomic E-state index is 0.168. The summed E-state index contributed by atoms with van der Waals surface area (Å²) in [5, 5.41) is 0. The second-order valence-electron chi connectivity index (χ2n) is 5.04. The SMILES string of the molecule is Cc1cc(N)cc(C(=O)N2CCCCC2C(N)=O)c1. The molecule has 0 saturated carbocycles. The summed E-state index contributed by atoms with van der Waals surface area (Å²) in [6.45, 7) is 2.45. The highest BCUT2D eigenvalue weighted by Gasteiger charge is 2.31. The number of anilines is 1. The molecule has 1 saturated heterocycles.